The standard InChI is InChI=1S/C21H23NO4/c1-22(13-15-7-9-18(10-8-15)26-14-21(24)25)20(23)12-17-11-19(17)16-5-3-2-4-6-16/h2-10,17,19H,11-14H2,1H3,(H,24,25)/t17-,19-/m0/s1. The molecule has 0 spiro atoms. The molecule has 5 heteroatoms. The largest absolute Gasteiger partial charge is 0.482 e. The Morgan fingerprint density at radius 3 is 2.46 bits per heavy atom. The van der Waals surface area contributed by atoms with Gasteiger partial charge in [-0.15, -0.1) is 0 Å². The van der Waals surface area contributed by atoms with Crippen molar-refractivity contribution < 1.29 is 19.4 Å². The quantitative estimate of drug-likeness (QED) is 0.791. The molecule has 1 amide bonds. The molecule has 1 aliphatic rings. The fourth-order valence-electron chi connectivity index (χ4n) is 3.16. The zero-order valence-corrected chi connectivity index (χ0v) is 14.8. The summed E-state index contributed by atoms with van der Waals surface area (Å²) in [4.78, 5) is 24.7. The molecular weight excluding hydrogens is 330 g/mol. The topological polar surface area (TPSA) is 66.8 Å². The number of carbonyl (C=O) groups is 2. The van der Waals surface area contributed by atoms with E-state index in [1.807, 2.05) is 37.4 Å². The highest BCUT2D eigenvalue weighted by Gasteiger charge is 2.39. The summed E-state index contributed by atoms with van der Waals surface area (Å²) in [6, 6.07) is 17.5. The van der Waals surface area contributed by atoms with E-state index in [0.717, 1.165) is 12.0 Å². The number of nitrogens with zero attached hydrogens (tertiary/aromatic N) is 1. The van der Waals surface area contributed by atoms with Gasteiger partial charge in [-0.2, -0.15) is 0 Å². The number of hydrogen-bond acceptors (Lipinski definition) is 3. The smallest absolute Gasteiger partial charge is 0.341 e. The molecule has 0 aromatic heterocycles. The van der Waals surface area contributed by atoms with Crippen molar-refractivity contribution >= 4 is 11.9 Å². The first-order chi connectivity index (χ1) is 12.5. The molecule has 0 bridgehead atoms. The van der Waals surface area contributed by atoms with Gasteiger partial charge >= 0.3 is 5.97 Å². The van der Waals surface area contributed by atoms with E-state index in [2.05, 4.69) is 12.1 Å². The van der Waals surface area contributed by atoms with Crippen LogP contribution < -0.4 is 4.74 Å². The maximum Gasteiger partial charge on any atom is 0.341 e. The Hall–Kier alpha value is -2.82. The van der Waals surface area contributed by atoms with E-state index < -0.39 is 5.97 Å². The molecule has 3 rings (SSSR count). The number of hydrogen-bond donors (Lipinski definition) is 1. The Labute approximate surface area is 153 Å². The highest BCUT2D eigenvalue weighted by molar-refractivity contribution is 5.76. The molecule has 0 saturated heterocycles. The fraction of sp³-hybridized carbons (Fsp3) is 0.333. The highest BCUT2D eigenvalue weighted by Crippen LogP contribution is 2.49. The summed E-state index contributed by atoms with van der Waals surface area (Å²) in [5.74, 6) is 0.611. The average Bonchev–Trinajstić information content (AvgIpc) is 3.41. The third kappa shape index (κ3) is 4.85. The van der Waals surface area contributed by atoms with Crippen LogP contribution in [0.5, 0.6) is 5.75 Å². The minimum Gasteiger partial charge on any atom is -0.482 e. The van der Waals surface area contributed by atoms with Crippen LogP contribution in [0.3, 0.4) is 0 Å². The molecular formula is C21H23NO4. The second kappa shape index (κ2) is 8.04. The molecule has 0 radical (unpaired) electrons. The lowest BCUT2D eigenvalue weighted by molar-refractivity contribution is -0.139. The van der Waals surface area contributed by atoms with Crippen LogP contribution in [0.15, 0.2) is 54.6 Å². The van der Waals surface area contributed by atoms with Gasteiger partial charge < -0.3 is 14.7 Å². The van der Waals surface area contributed by atoms with Crippen molar-refractivity contribution in [3.8, 4) is 5.75 Å². The van der Waals surface area contributed by atoms with Gasteiger partial charge in [0.05, 0.1) is 0 Å². The molecule has 1 aliphatic carbocycles. The van der Waals surface area contributed by atoms with Crippen LogP contribution in [0.4, 0.5) is 0 Å². The third-order valence-electron chi connectivity index (χ3n) is 4.72. The number of rotatable bonds is 8. The molecule has 1 saturated carbocycles. The Balaban J connectivity index is 1.46. The predicted octanol–water partition coefficient (Wildman–Crippen LogP) is 3.30. The first-order valence-electron chi connectivity index (χ1n) is 8.75. The number of ether oxygens (including phenoxy) is 1. The second-order valence-electron chi connectivity index (χ2n) is 6.79. The normalized spacial score (nSPS) is 18.2. The van der Waals surface area contributed by atoms with Gasteiger partial charge in [-0.3, -0.25) is 4.79 Å². The van der Waals surface area contributed by atoms with Gasteiger partial charge in [-0.1, -0.05) is 42.5 Å². The van der Waals surface area contributed by atoms with Gasteiger partial charge in [0, 0.05) is 20.0 Å². The van der Waals surface area contributed by atoms with Crippen LogP contribution in [-0.2, 0) is 16.1 Å². The van der Waals surface area contributed by atoms with Gasteiger partial charge in [0.15, 0.2) is 6.61 Å². The number of carboxylic acids is 1. The third-order valence-corrected chi connectivity index (χ3v) is 4.72. The Morgan fingerprint density at radius 1 is 1.12 bits per heavy atom. The van der Waals surface area contributed by atoms with Crippen molar-refractivity contribution in [2.45, 2.75) is 25.3 Å². The van der Waals surface area contributed by atoms with Gasteiger partial charge in [-0.05, 0) is 41.5 Å². The predicted molar refractivity (Wildman–Crippen MR) is 98.0 cm³/mol. The summed E-state index contributed by atoms with van der Waals surface area (Å²) in [6.07, 6.45) is 1.66. The van der Waals surface area contributed by atoms with E-state index in [4.69, 9.17) is 9.84 Å². The van der Waals surface area contributed by atoms with Gasteiger partial charge in [0.1, 0.15) is 5.75 Å². The molecule has 1 fully saturated rings. The Morgan fingerprint density at radius 2 is 1.81 bits per heavy atom. The van der Waals surface area contributed by atoms with Crippen molar-refractivity contribution in [1.82, 2.24) is 4.90 Å². The molecule has 0 aliphatic heterocycles. The van der Waals surface area contributed by atoms with Crippen molar-refractivity contribution in [2.75, 3.05) is 13.7 Å². The summed E-state index contributed by atoms with van der Waals surface area (Å²) in [5.41, 5.74) is 2.31. The van der Waals surface area contributed by atoms with E-state index in [9.17, 15) is 9.59 Å². The molecule has 2 atom stereocenters. The first kappa shape index (κ1) is 18.0. The van der Waals surface area contributed by atoms with E-state index in [1.165, 1.54) is 5.56 Å². The maximum absolute atomic E-state index is 12.5. The summed E-state index contributed by atoms with van der Waals surface area (Å²) >= 11 is 0. The van der Waals surface area contributed by atoms with Crippen molar-refractivity contribution in [2.24, 2.45) is 5.92 Å². The van der Waals surface area contributed by atoms with E-state index in [1.54, 1.807) is 17.0 Å². The number of amides is 1. The molecule has 26 heavy (non-hydrogen) atoms. The maximum atomic E-state index is 12.5. The van der Waals surface area contributed by atoms with Crippen LogP contribution in [-0.4, -0.2) is 35.5 Å². The average molecular weight is 353 g/mol. The molecule has 5 nitrogen and oxygen atoms in total. The van der Waals surface area contributed by atoms with Crippen LogP contribution in [0.25, 0.3) is 0 Å². The minimum atomic E-state index is -1.01. The lowest BCUT2D eigenvalue weighted by Gasteiger charge is -2.17. The fourth-order valence-corrected chi connectivity index (χ4v) is 3.16. The monoisotopic (exact) mass is 353 g/mol. The molecule has 0 unspecified atom stereocenters. The zero-order chi connectivity index (χ0) is 18.5. The lowest BCUT2D eigenvalue weighted by atomic mass is 10.1. The lowest BCUT2D eigenvalue weighted by Crippen LogP contribution is -2.26. The Kier molecular flexibility index (Phi) is 5.56. The zero-order valence-electron chi connectivity index (χ0n) is 14.8. The molecule has 2 aromatic carbocycles. The van der Waals surface area contributed by atoms with Gasteiger partial charge in [0.2, 0.25) is 5.91 Å². The second-order valence-corrected chi connectivity index (χ2v) is 6.79. The highest BCUT2D eigenvalue weighted by atomic mass is 16.5. The first-order valence-corrected chi connectivity index (χ1v) is 8.75. The number of carboxylic acid groups (broad SMARTS) is 1. The minimum absolute atomic E-state index is 0.152. The molecule has 1 N–H and O–H groups in total. The van der Waals surface area contributed by atoms with Crippen molar-refractivity contribution in [3.05, 3.63) is 65.7 Å². The number of carbonyl (C=O) groups excluding carboxylic acids is 1. The molecule has 136 valence electrons. The van der Waals surface area contributed by atoms with E-state index in [0.29, 0.717) is 30.6 Å². The van der Waals surface area contributed by atoms with Crippen LogP contribution in [0.2, 0.25) is 0 Å². The van der Waals surface area contributed by atoms with E-state index >= 15 is 0 Å². The van der Waals surface area contributed by atoms with Crippen molar-refractivity contribution in [1.29, 1.82) is 0 Å². The molecule has 2 aromatic rings. The van der Waals surface area contributed by atoms with Crippen molar-refractivity contribution in [3.63, 3.8) is 0 Å². The summed E-state index contributed by atoms with van der Waals surface area (Å²) in [7, 11) is 1.82. The van der Waals surface area contributed by atoms with Crippen LogP contribution in [0.1, 0.15) is 29.9 Å². The summed E-state index contributed by atoms with van der Waals surface area (Å²) < 4.78 is 5.11. The van der Waals surface area contributed by atoms with Crippen LogP contribution >= 0.6 is 0 Å². The number of benzene rings is 2. The Bertz CT molecular complexity index is 757. The van der Waals surface area contributed by atoms with E-state index in [-0.39, 0.29) is 12.5 Å². The van der Waals surface area contributed by atoms with Gasteiger partial charge in [-0.25, -0.2) is 4.79 Å². The summed E-state index contributed by atoms with van der Waals surface area (Å²) in [6.45, 7) is 0.169. The summed E-state index contributed by atoms with van der Waals surface area (Å²) in [5, 5.41) is 8.61. The number of aliphatic carboxylic acids is 1. The van der Waals surface area contributed by atoms with Gasteiger partial charge in [0.25, 0.3) is 0 Å². The SMILES string of the molecule is CN(Cc1ccc(OCC(=O)O)cc1)C(=O)C[C@@H]1C[C@H]1c1ccccc1. The molecule has 0 heterocycles. The van der Waals surface area contributed by atoms with Crippen LogP contribution in [0, 0.1) is 5.92 Å².